The maximum atomic E-state index is 11.8. The second-order valence-corrected chi connectivity index (χ2v) is 5.65. The monoisotopic (exact) mass is 266 g/mol. The second-order valence-electron chi connectivity index (χ2n) is 5.65. The summed E-state index contributed by atoms with van der Waals surface area (Å²) in [5, 5.41) is 11.5. The number of nitrogens with zero attached hydrogens (tertiary/aromatic N) is 1. The first kappa shape index (κ1) is 13.6. The Morgan fingerprint density at radius 2 is 2.00 bits per heavy atom. The van der Waals surface area contributed by atoms with Gasteiger partial charge in [-0.05, 0) is 33.6 Å². The average Bonchev–Trinajstić information content (AvgIpc) is 2.67. The van der Waals surface area contributed by atoms with Crippen LogP contribution in [0.2, 0.25) is 0 Å². The van der Waals surface area contributed by atoms with Gasteiger partial charge >= 0.3 is 5.97 Å². The van der Waals surface area contributed by atoms with Gasteiger partial charge in [0.15, 0.2) is 0 Å². The summed E-state index contributed by atoms with van der Waals surface area (Å²) in [6.07, 6.45) is 1.90. The highest BCUT2D eigenvalue weighted by molar-refractivity contribution is 5.82. The molecule has 1 aliphatic heterocycles. The molecule has 0 aromatic heterocycles. The summed E-state index contributed by atoms with van der Waals surface area (Å²) in [5.41, 5.74) is -0.818. The van der Waals surface area contributed by atoms with Gasteiger partial charge in [-0.25, -0.2) is 0 Å². The first-order valence-electron chi connectivity index (χ1n) is 6.36. The summed E-state index contributed by atoms with van der Waals surface area (Å²) in [6.45, 7) is 6.19. The van der Waals surface area contributed by atoms with Crippen LogP contribution in [0.15, 0.2) is 9.59 Å². The van der Waals surface area contributed by atoms with Gasteiger partial charge in [-0.3, -0.25) is 14.4 Å². The fraction of sp³-hybridized carbons (Fsp3) is 0.615. The van der Waals surface area contributed by atoms with Crippen LogP contribution >= 0.6 is 0 Å². The first-order chi connectivity index (χ1) is 8.75. The molecule has 1 heterocycles. The largest absolute Gasteiger partial charge is 0.480 e. The molecule has 1 atom stereocenters. The Balaban J connectivity index is 2.33. The van der Waals surface area contributed by atoms with E-state index in [1.54, 1.807) is 0 Å². The fourth-order valence-electron chi connectivity index (χ4n) is 2.57. The molecule has 1 fully saturated rings. The zero-order chi connectivity index (χ0) is 14.4. The Bertz CT molecular complexity index is 584. The Morgan fingerprint density at radius 1 is 1.37 bits per heavy atom. The minimum atomic E-state index is -1.06. The van der Waals surface area contributed by atoms with Crippen molar-refractivity contribution in [3.05, 3.63) is 20.4 Å². The van der Waals surface area contributed by atoms with Crippen LogP contribution in [0.1, 0.15) is 33.6 Å². The molecule has 1 aliphatic rings. The molecule has 1 unspecified atom stereocenters. The molecule has 0 saturated carbocycles. The zero-order valence-electron chi connectivity index (χ0n) is 11.3. The Morgan fingerprint density at radius 3 is 2.47 bits per heavy atom. The lowest BCUT2D eigenvalue weighted by Crippen LogP contribution is -2.49. The summed E-state index contributed by atoms with van der Waals surface area (Å²) in [7, 11) is 0. The molecule has 2 N–H and O–H groups in total. The Labute approximate surface area is 110 Å². The molecule has 6 heteroatoms. The van der Waals surface area contributed by atoms with Crippen LogP contribution in [0, 0.1) is 0 Å². The zero-order valence-corrected chi connectivity index (χ0v) is 11.3. The molecular weight excluding hydrogens is 248 g/mol. The van der Waals surface area contributed by atoms with E-state index in [9.17, 15) is 14.4 Å². The molecule has 1 aromatic carbocycles. The summed E-state index contributed by atoms with van der Waals surface area (Å²) < 4.78 is 0. The van der Waals surface area contributed by atoms with Crippen molar-refractivity contribution in [2.75, 3.05) is 16.8 Å². The number of aliphatic carboxylic acids is 1. The molecule has 104 valence electrons. The van der Waals surface area contributed by atoms with Crippen molar-refractivity contribution in [3.63, 3.8) is 0 Å². The maximum Gasteiger partial charge on any atom is 0.325 e. The normalized spacial score (nSPS) is 19.6. The average molecular weight is 266 g/mol. The minimum absolute atomic E-state index is 0.148. The molecule has 0 bridgehead atoms. The number of rotatable bonds is 4. The smallest absolute Gasteiger partial charge is 0.325 e. The van der Waals surface area contributed by atoms with E-state index >= 15 is 0 Å². The number of hydrogen-bond donors (Lipinski definition) is 2. The molecule has 19 heavy (non-hydrogen) atoms. The predicted molar refractivity (Wildman–Crippen MR) is 72.7 cm³/mol. The van der Waals surface area contributed by atoms with Crippen molar-refractivity contribution in [3.8, 4) is 0 Å². The van der Waals surface area contributed by atoms with Crippen LogP contribution < -0.4 is 21.1 Å². The standard InChI is InChI=1S/C13H18N2O4/c1-7(12(18)19)14-8-9(11(17)10(8)16)15-6-4-5-13(15,2)3/h7,14H,4-6H2,1-3H3,(H,18,19). The van der Waals surface area contributed by atoms with Gasteiger partial charge in [0, 0.05) is 12.1 Å². The molecule has 0 amide bonds. The lowest BCUT2D eigenvalue weighted by Gasteiger charge is -2.35. The molecule has 0 aliphatic carbocycles. The van der Waals surface area contributed by atoms with Gasteiger partial charge in [-0.15, -0.1) is 0 Å². The number of carboxylic acids is 1. The molecule has 6 nitrogen and oxygen atoms in total. The van der Waals surface area contributed by atoms with Gasteiger partial charge in [0.25, 0.3) is 10.9 Å². The summed E-state index contributed by atoms with van der Waals surface area (Å²) >= 11 is 0. The Hall–Kier alpha value is -1.85. The Kier molecular flexibility index (Phi) is 3.12. The lowest BCUT2D eigenvalue weighted by molar-refractivity contribution is -0.137. The van der Waals surface area contributed by atoms with Crippen molar-refractivity contribution < 1.29 is 9.90 Å². The third-order valence-electron chi connectivity index (χ3n) is 3.79. The fourth-order valence-corrected chi connectivity index (χ4v) is 2.57. The van der Waals surface area contributed by atoms with Gasteiger partial charge in [-0.1, -0.05) is 0 Å². The highest BCUT2D eigenvalue weighted by Gasteiger charge is 2.38. The number of hydrogen-bond acceptors (Lipinski definition) is 5. The van der Waals surface area contributed by atoms with Crippen LogP contribution in [-0.2, 0) is 4.79 Å². The molecule has 2 rings (SSSR count). The van der Waals surface area contributed by atoms with Crippen molar-refractivity contribution in [1.82, 2.24) is 0 Å². The van der Waals surface area contributed by atoms with Crippen LogP contribution in [0.5, 0.6) is 0 Å². The number of carbonyl (C=O) groups is 1. The van der Waals surface area contributed by atoms with E-state index in [4.69, 9.17) is 5.11 Å². The summed E-state index contributed by atoms with van der Waals surface area (Å²) in [4.78, 5) is 36.1. The van der Waals surface area contributed by atoms with Crippen molar-refractivity contribution in [2.24, 2.45) is 0 Å². The third kappa shape index (κ3) is 2.11. The van der Waals surface area contributed by atoms with Gasteiger partial charge in [0.1, 0.15) is 17.4 Å². The van der Waals surface area contributed by atoms with Crippen molar-refractivity contribution in [1.29, 1.82) is 0 Å². The van der Waals surface area contributed by atoms with E-state index in [0.717, 1.165) is 12.8 Å². The van der Waals surface area contributed by atoms with Gasteiger partial charge < -0.3 is 15.3 Å². The van der Waals surface area contributed by atoms with E-state index in [1.165, 1.54) is 6.92 Å². The number of anilines is 2. The minimum Gasteiger partial charge on any atom is -0.480 e. The summed E-state index contributed by atoms with van der Waals surface area (Å²) in [6, 6.07) is -0.896. The van der Waals surface area contributed by atoms with E-state index in [2.05, 4.69) is 5.32 Å². The van der Waals surface area contributed by atoms with Gasteiger partial charge in [0.2, 0.25) is 0 Å². The van der Waals surface area contributed by atoms with Gasteiger partial charge in [0.05, 0.1) is 0 Å². The van der Waals surface area contributed by atoms with Crippen LogP contribution in [0.3, 0.4) is 0 Å². The number of carboxylic acid groups (broad SMARTS) is 1. The van der Waals surface area contributed by atoms with Crippen LogP contribution in [0.4, 0.5) is 11.4 Å². The third-order valence-corrected chi connectivity index (χ3v) is 3.79. The lowest BCUT2D eigenvalue weighted by atomic mass is 10.00. The maximum absolute atomic E-state index is 11.8. The van der Waals surface area contributed by atoms with E-state index in [1.807, 2.05) is 18.7 Å². The van der Waals surface area contributed by atoms with E-state index < -0.39 is 22.9 Å². The second kappa shape index (κ2) is 4.36. The van der Waals surface area contributed by atoms with Crippen molar-refractivity contribution in [2.45, 2.75) is 45.2 Å². The van der Waals surface area contributed by atoms with Gasteiger partial charge in [-0.2, -0.15) is 0 Å². The molecule has 1 saturated heterocycles. The SMILES string of the molecule is CC(Nc1c(N2CCCC2(C)C)c(=O)c1=O)C(=O)O. The first-order valence-corrected chi connectivity index (χ1v) is 6.36. The summed E-state index contributed by atoms with van der Waals surface area (Å²) in [5.74, 6) is -1.06. The van der Waals surface area contributed by atoms with E-state index in [-0.39, 0.29) is 11.2 Å². The predicted octanol–water partition coefficient (Wildman–Crippen LogP) is 0.546. The highest BCUT2D eigenvalue weighted by Crippen LogP contribution is 2.35. The molecular formula is C13H18N2O4. The van der Waals surface area contributed by atoms with Crippen molar-refractivity contribution >= 4 is 17.3 Å². The van der Waals surface area contributed by atoms with Crippen LogP contribution in [0.25, 0.3) is 0 Å². The quantitative estimate of drug-likeness (QED) is 0.774. The molecule has 0 spiro atoms. The molecule has 1 aromatic rings. The van der Waals surface area contributed by atoms with E-state index in [0.29, 0.717) is 12.2 Å². The number of nitrogens with one attached hydrogen (secondary N) is 1. The highest BCUT2D eigenvalue weighted by atomic mass is 16.4. The topological polar surface area (TPSA) is 86.7 Å². The van der Waals surface area contributed by atoms with Crippen LogP contribution in [-0.4, -0.2) is 29.2 Å². The molecule has 0 radical (unpaired) electrons.